The highest BCUT2D eigenvalue weighted by Gasteiger charge is 2.13. The second-order valence-corrected chi connectivity index (χ2v) is 6.88. The van der Waals surface area contributed by atoms with Gasteiger partial charge in [0.2, 0.25) is 5.89 Å². The fraction of sp³-hybridized carbons (Fsp3) is 0.150. The zero-order valence-electron chi connectivity index (χ0n) is 14.5. The molecule has 2 heterocycles. The third kappa shape index (κ3) is 3.59. The highest BCUT2D eigenvalue weighted by molar-refractivity contribution is 7.98. The summed E-state index contributed by atoms with van der Waals surface area (Å²) >= 11 is 1.35. The average Bonchev–Trinajstić information content (AvgIpc) is 3.15. The predicted octanol–water partition coefficient (Wildman–Crippen LogP) is 4.40. The monoisotopic (exact) mass is 380 g/mol. The molecule has 1 N–H and O–H groups in total. The Morgan fingerprint density at radius 2 is 1.85 bits per heavy atom. The van der Waals surface area contributed by atoms with Crippen LogP contribution in [-0.4, -0.2) is 15.3 Å². The van der Waals surface area contributed by atoms with Gasteiger partial charge in [-0.05, 0) is 35.7 Å². The van der Waals surface area contributed by atoms with Gasteiger partial charge in [0.15, 0.2) is 0 Å². The summed E-state index contributed by atoms with van der Waals surface area (Å²) in [5.41, 5.74) is 2.35. The molecule has 0 aliphatic heterocycles. The Morgan fingerprint density at radius 1 is 1.04 bits per heavy atom. The Balaban J connectivity index is 1.62. The summed E-state index contributed by atoms with van der Waals surface area (Å²) in [5, 5.41) is 19.4. The zero-order valence-corrected chi connectivity index (χ0v) is 15.3. The van der Waals surface area contributed by atoms with Crippen molar-refractivity contribution < 1.29 is 13.9 Å². The fourth-order valence-corrected chi connectivity index (χ4v) is 3.57. The third-order valence-electron chi connectivity index (χ3n) is 4.19. The number of rotatable bonds is 5. The van der Waals surface area contributed by atoms with E-state index in [-0.39, 0.29) is 5.75 Å². The molecular weight excluding hydrogens is 364 g/mol. The van der Waals surface area contributed by atoms with E-state index in [4.69, 9.17) is 8.83 Å². The molecule has 27 heavy (non-hydrogen) atoms. The van der Waals surface area contributed by atoms with E-state index in [1.54, 1.807) is 0 Å². The van der Waals surface area contributed by atoms with Gasteiger partial charge in [-0.2, -0.15) is 0 Å². The van der Waals surface area contributed by atoms with Crippen molar-refractivity contribution in [2.75, 3.05) is 0 Å². The minimum atomic E-state index is -0.461. The number of aromatic nitrogens is 2. The topological polar surface area (TPSA) is 89.4 Å². The SMILES string of the molecule is CCc1cc2c(CSc3nnc(-c4ccccc4)o3)cc(=O)oc2cc1O. The Morgan fingerprint density at radius 3 is 2.63 bits per heavy atom. The molecule has 0 aliphatic rings. The molecule has 0 unspecified atom stereocenters. The first-order chi connectivity index (χ1) is 13.1. The second-order valence-electron chi connectivity index (χ2n) is 5.95. The summed E-state index contributed by atoms with van der Waals surface area (Å²) in [5.74, 6) is 1.04. The lowest BCUT2D eigenvalue weighted by Crippen LogP contribution is -2.00. The van der Waals surface area contributed by atoms with Crippen molar-refractivity contribution in [3.8, 4) is 17.2 Å². The highest BCUT2D eigenvalue weighted by atomic mass is 32.2. The lowest BCUT2D eigenvalue weighted by molar-refractivity contribution is 0.465. The van der Waals surface area contributed by atoms with Gasteiger partial charge in [-0.1, -0.05) is 36.9 Å². The molecule has 2 aromatic heterocycles. The largest absolute Gasteiger partial charge is 0.508 e. The summed E-state index contributed by atoms with van der Waals surface area (Å²) in [6, 6.07) is 14.3. The Labute approximate surface area is 158 Å². The van der Waals surface area contributed by atoms with E-state index in [1.807, 2.05) is 43.3 Å². The first-order valence-electron chi connectivity index (χ1n) is 8.44. The van der Waals surface area contributed by atoms with Crippen LogP contribution in [0.15, 0.2) is 67.4 Å². The molecule has 0 spiro atoms. The van der Waals surface area contributed by atoms with Crippen LogP contribution >= 0.6 is 11.8 Å². The smallest absolute Gasteiger partial charge is 0.336 e. The van der Waals surface area contributed by atoms with Crippen LogP contribution in [0.5, 0.6) is 5.75 Å². The van der Waals surface area contributed by atoms with Crippen LogP contribution in [0.3, 0.4) is 0 Å². The Hall–Kier alpha value is -3.06. The number of benzene rings is 2. The Kier molecular flexibility index (Phi) is 4.68. The van der Waals surface area contributed by atoms with Gasteiger partial charge in [-0.15, -0.1) is 10.2 Å². The number of aryl methyl sites for hydroxylation is 1. The normalized spacial score (nSPS) is 11.1. The number of phenolic OH excluding ortho intramolecular Hbond substituents is 1. The molecule has 0 radical (unpaired) electrons. The van der Waals surface area contributed by atoms with Gasteiger partial charge in [0.1, 0.15) is 11.3 Å². The summed E-state index contributed by atoms with van der Waals surface area (Å²) in [4.78, 5) is 11.9. The van der Waals surface area contributed by atoms with Gasteiger partial charge >= 0.3 is 5.63 Å². The number of phenols is 1. The van der Waals surface area contributed by atoms with E-state index < -0.39 is 5.63 Å². The lowest BCUT2D eigenvalue weighted by atomic mass is 10.1. The summed E-state index contributed by atoms with van der Waals surface area (Å²) in [6.07, 6.45) is 0.678. The van der Waals surface area contributed by atoms with Crippen molar-refractivity contribution in [2.24, 2.45) is 0 Å². The maximum absolute atomic E-state index is 11.9. The maximum atomic E-state index is 11.9. The van der Waals surface area contributed by atoms with Crippen molar-refractivity contribution in [1.82, 2.24) is 10.2 Å². The van der Waals surface area contributed by atoms with E-state index in [9.17, 15) is 9.90 Å². The van der Waals surface area contributed by atoms with Gasteiger partial charge in [0.05, 0.1) is 0 Å². The molecule has 0 bridgehead atoms. The van der Waals surface area contributed by atoms with E-state index in [2.05, 4.69) is 10.2 Å². The number of thioether (sulfide) groups is 1. The van der Waals surface area contributed by atoms with Crippen LogP contribution in [0.2, 0.25) is 0 Å². The average molecular weight is 380 g/mol. The highest BCUT2D eigenvalue weighted by Crippen LogP contribution is 2.31. The summed E-state index contributed by atoms with van der Waals surface area (Å²) < 4.78 is 10.9. The molecule has 0 aliphatic carbocycles. The molecule has 0 amide bonds. The predicted molar refractivity (Wildman–Crippen MR) is 103 cm³/mol. The summed E-state index contributed by atoms with van der Waals surface area (Å²) in [6.45, 7) is 1.96. The quantitative estimate of drug-likeness (QED) is 0.405. The van der Waals surface area contributed by atoms with Crippen LogP contribution in [0.4, 0.5) is 0 Å². The fourth-order valence-electron chi connectivity index (χ4n) is 2.81. The second kappa shape index (κ2) is 7.28. The molecule has 136 valence electrons. The Bertz CT molecular complexity index is 1150. The third-order valence-corrected chi connectivity index (χ3v) is 5.06. The van der Waals surface area contributed by atoms with Gasteiger partial charge < -0.3 is 13.9 Å². The van der Waals surface area contributed by atoms with Crippen molar-refractivity contribution in [2.45, 2.75) is 24.3 Å². The van der Waals surface area contributed by atoms with Gasteiger partial charge in [0, 0.05) is 28.8 Å². The minimum Gasteiger partial charge on any atom is -0.508 e. The molecule has 4 rings (SSSR count). The van der Waals surface area contributed by atoms with E-state index in [0.29, 0.717) is 28.9 Å². The number of aromatic hydroxyl groups is 1. The van der Waals surface area contributed by atoms with Gasteiger partial charge in [-0.3, -0.25) is 0 Å². The molecule has 7 heteroatoms. The van der Waals surface area contributed by atoms with E-state index in [1.165, 1.54) is 23.9 Å². The van der Waals surface area contributed by atoms with E-state index >= 15 is 0 Å². The molecule has 0 saturated heterocycles. The van der Waals surface area contributed by atoms with Gasteiger partial charge in [-0.25, -0.2) is 4.79 Å². The van der Waals surface area contributed by atoms with E-state index in [0.717, 1.165) is 22.1 Å². The van der Waals surface area contributed by atoms with Crippen LogP contribution in [0.1, 0.15) is 18.1 Å². The van der Waals surface area contributed by atoms with Crippen molar-refractivity contribution in [1.29, 1.82) is 0 Å². The molecule has 4 aromatic rings. The number of fused-ring (bicyclic) bond motifs is 1. The van der Waals surface area contributed by atoms with Crippen molar-refractivity contribution in [3.63, 3.8) is 0 Å². The molecule has 0 atom stereocenters. The molecule has 0 fully saturated rings. The zero-order chi connectivity index (χ0) is 18.8. The van der Waals surface area contributed by atoms with Crippen LogP contribution < -0.4 is 5.63 Å². The van der Waals surface area contributed by atoms with Crippen LogP contribution in [0.25, 0.3) is 22.4 Å². The first-order valence-corrected chi connectivity index (χ1v) is 9.43. The molecular formula is C20H16N2O4S. The van der Waals surface area contributed by atoms with Crippen LogP contribution in [-0.2, 0) is 12.2 Å². The summed E-state index contributed by atoms with van der Waals surface area (Å²) in [7, 11) is 0. The maximum Gasteiger partial charge on any atom is 0.336 e. The molecule has 2 aromatic carbocycles. The number of nitrogens with zero attached hydrogens (tertiary/aromatic N) is 2. The van der Waals surface area contributed by atoms with Gasteiger partial charge in [0.25, 0.3) is 5.22 Å². The molecule has 6 nitrogen and oxygen atoms in total. The minimum absolute atomic E-state index is 0.127. The van der Waals surface area contributed by atoms with Crippen molar-refractivity contribution in [3.05, 3.63) is 70.1 Å². The van der Waals surface area contributed by atoms with Crippen LogP contribution in [0, 0.1) is 0 Å². The lowest BCUT2D eigenvalue weighted by Gasteiger charge is -2.07. The standard InChI is InChI=1S/C20H16N2O4S/c1-2-12-8-15-14(9-18(24)25-17(15)10-16(12)23)11-27-20-22-21-19(26-20)13-6-4-3-5-7-13/h3-10,23H,2,11H2,1H3. The first kappa shape index (κ1) is 17.4. The number of hydrogen-bond acceptors (Lipinski definition) is 7. The molecule has 0 saturated carbocycles. The number of hydrogen-bond donors (Lipinski definition) is 1. The van der Waals surface area contributed by atoms with Crippen molar-refractivity contribution >= 4 is 22.7 Å².